The summed E-state index contributed by atoms with van der Waals surface area (Å²) in [4.78, 5) is 13.8. The summed E-state index contributed by atoms with van der Waals surface area (Å²) in [6, 6.07) is 0.580. The first kappa shape index (κ1) is 7.59. The average molecular weight is 218 g/mol. The van der Waals surface area contributed by atoms with Crippen molar-refractivity contribution in [3.63, 3.8) is 0 Å². The van der Waals surface area contributed by atoms with Crippen molar-refractivity contribution in [2.75, 3.05) is 6.54 Å². The van der Waals surface area contributed by atoms with E-state index in [0.717, 1.165) is 19.4 Å². The molecule has 2 aliphatic heterocycles. The molecular formula is C8H12BrNO. The third-order valence-electron chi connectivity index (χ3n) is 2.66. The van der Waals surface area contributed by atoms with Crippen LogP contribution in [0.4, 0.5) is 0 Å². The van der Waals surface area contributed by atoms with Gasteiger partial charge in [0.25, 0.3) is 0 Å². The van der Waals surface area contributed by atoms with Crippen LogP contribution in [0.2, 0.25) is 0 Å². The summed E-state index contributed by atoms with van der Waals surface area (Å²) in [5.41, 5.74) is 0. The molecule has 0 aliphatic carbocycles. The molecule has 0 N–H and O–H groups in total. The fourth-order valence-electron chi connectivity index (χ4n) is 2.02. The predicted molar refractivity (Wildman–Crippen MR) is 46.7 cm³/mol. The van der Waals surface area contributed by atoms with E-state index in [-0.39, 0.29) is 0 Å². The van der Waals surface area contributed by atoms with Gasteiger partial charge in [0.1, 0.15) is 0 Å². The van der Waals surface area contributed by atoms with Crippen LogP contribution in [0.3, 0.4) is 0 Å². The maximum absolute atomic E-state index is 11.3. The van der Waals surface area contributed by atoms with Crippen LogP contribution in [0, 0.1) is 0 Å². The van der Waals surface area contributed by atoms with Crippen molar-refractivity contribution in [2.45, 2.75) is 36.6 Å². The maximum Gasteiger partial charge on any atom is 0.222 e. The molecule has 0 aromatic rings. The summed E-state index contributed by atoms with van der Waals surface area (Å²) in [5.74, 6) is 0.360. The number of piperidine rings is 1. The Balaban J connectivity index is 2.07. The van der Waals surface area contributed by atoms with Crippen molar-refractivity contribution in [3.8, 4) is 0 Å². The fourth-order valence-corrected chi connectivity index (χ4v) is 2.60. The first-order valence-electron chi connectivity index (χ1n) is 4.21. The highest BCUT2D eigenvalue weighted by molar-refractivity contribution is 9.09. The highest BCUT2D eigenvalue weighted by atomic mass is 79.9. The third-order valence-corrected chi connectivity index (χ3v) is 3.41. The molecule has 11 heavy (non-hydrogen) atoms. The molecule has 2 saturated heterocycles. The zero-order valence-corrected chi connectivity index (χ0v) is 8.01. The van der Waals surface area contributed by atoms with Crippen molar-refractivity contribution in [2.24, 2.45) is 0 Å². The molecular weight excluding hydrogens is 206 g/mol. The van der Waals surface area contributed by atoms with E-state index in [2.05, 4.69) is 15.9 Å². The number of hydrogen-bond acceptors (Lipinski definition) is 1. The summed E-state index contributed by atoms with van der Waals surface area (Å²) in [7, 11) is 0. The second-order valence-corrected chi connectivity index (χ2v) is 4.71. The Labute approximate surface area is 75.1 Å². The van der Waals surface area contributed by atoms with E-state index < -0.39 is 0 Å². The molecule has 0 bridgehead atoms. The van der Waals surface area contributed by atoms with Crippen LogP contribution >= 0.6 is 15.9 Å². The average Bonchev–Trinajstić information content (AvgIpc) is 2.33. The van der Waals surface area contributed by atoms with E-state index in [1.54, 1.807) is 0 Å². The molecule has 2 unspecified atom stereocenters. The fraction of sp³-hybridized carbons (Fsp3) is 0.875. The molecule has 0 spiro atoms. The van der Waals surface area contributed by atoms with Gasteiger partial charge in [-0.25, -0.2) is 0 Å². The molecule has 3 heteroatoms. The maximum atomic E-state index is 11.3. The molecule has 62 valence electrons. The van der Waals surface area contributed by atoms with Gasteiger partial charge in [0.05, 0.1) is 0 Å². The van der Waals surface area contributed by atoms with E-state index >= 15 is 0 Å². The van der Waals surface area contributed by atoms with Gasteiger partial charge in [-0.2, -0.15) is 0 Å². The summed E-state index contributed by atoms with van der Waals surface area (Å²) < 4.78 is 0. The second-order valence-electron chi connectivity index (χ2n) is 3.41. The Morgan fingerprint density at radius 3 is 3.00 bits per heavy atom. The Morgan fingerprint density at radius 2 is 2.18 bits per heavy atom. The Kier molecular flexibility index (Phi) is 1.91. The van der Waals surface area contributed by atoms with E-state index in [1.807, 2.05) is 4.90 Å². The van der Waals surface area contributed by atoms with Crippen LogP contribution < -0.4 is 0 Å². The number of halogens is 1. The van der Waals surface area contributed by atoms with Gasteiger partial charge in [0, 0.05) is 23.8 Å². The van der Waals surface area contributed by atoms with E-state index in [0.29, 0.717) is 16.8 Å². The van der Waals surface area contributed by atoms with Crippen LogP contribution in [0.1, 0.15) is 25.7 Å². The van der Waals surface area contributed by atoms with Gasteiger partial charge >= 0.3 is 0 Å². The first-order chi connectivity index (χ1) is 5.27. The van der Waals surface area contributed by atoms with E-state index in [9.17, 15) is 4.79 Å². The molecule has 2 atom stereocenters. The number of hydrogen-bond donors (Lipinski definition) is 0. The van der Waals surface area contributed by atoms with E-state index in [4.69, 9.17) is 0 Å². The number of rotatable bonds is 0. The monoisotopic (exact) mass is 217 g/mol. The standard InChI is InChI=1S/C8H12BrNO/c9-6-1-2-7-3-4-8(11)10(7)5-6/h6-7H,1-5H2. The van der Waals surface area contributed by atoms with Crippen molar-refractivity contribution < 1.29 is 4.79 Å². The number of carbonyl (C=O) groups excluding carboxylic acids is 1. The second kappa shape index (κ2) is 2.77. The van der Waals surface area contributed by atoms with Crippen molar-refractivity contribution in [1.82, 2.24) is 4.90 Å². The normalized spacial score (nSPS) is 37.5. The van der Waals surface area contributed by atoms with Gasteiger partial charge in [0.15, 0.2) is 0 Å². The molecule has 2 nitrogen and oxygen atoms in total. The third kappa shape index (κ3) is 1.31. The molecule has 2 fully saturated rings. The van der Waals surface area contributed by atoms with Crippen LogP contribution in [0.5, 0.6) is 0 Å². The molecule has 1 amide bonds. The smallest absolute Gasteiger partial charge is 0.222 e. The molecule has 2 rings (SSSR count). The van der Waals surface area contributed by atoms with Gasteiger partial charge < -0.3 is 4.90 Å². The van der Waals surface area contributed by atoms with Crippen molar-refractivity contribution >= 4 is 21.8 Å². The summed E-state index contributed by atoms with van der Waals surface area (Å²) in [5, 5.41) is 0. The minimum Gasteiger partial charge on any atom is -0.339 e. The largest absolute Gasteiger partial charge is 0.339 e. The topological polar surface area (TPSA) is 20.3 Å². The van der Waals surface area contributed by atoms with Gasteiger partial charge in [0.2, 0.25) is 5.91 Å². The lowest BCUT2D eigenvalue weighted by atomic mass is 10.0. The zero-order chi connectivity index (χ0) is 7.84. The summed E-state index contributed by atoms with van der Waals surface area (Å²) >= 11 is 3.56. The first-order valence-corrected chi connectivity index (χ1v) is 5.12. The number of nitrogens with zero attached hydrogens (tertiary/aromatic N) is 1. The molecule has 2 heterocycles. The summed E-state index contributed by atoms with van der Waals surface area (Å²) in [6.45, 7) is 0.934. The quantitative estimate of drug-likeness (QED) is 0.564. The Morgan fingerprint density at radius 1 is 1.36 bits per heavy atom. The minimum absolute atomic E-state index is 0.360. The lowest BCUT2D eigenvalue weighted by Gasteiger charge is -2.32. The lowest BCUT2D eigenvalue weighted by Crippen LogP contribution is -2.41. The van der Waals surface area contributed by atoms with Crippen LogP contribution in [0.15, 0.2) is 0 Å². The predicted octanol–water partition coefficient (Wildman–Crippen LogP) is 1.53. The minimum atomic E-state index is 0.360. The van der Waals surface area contributed by atoms with Crippen LogP contribution in [-0.2, 0) is 4.79 Å². The molecule has 0 saturated carbocycles. The van der Waals surface area contributed by atoms with Crippen molar-refractivity contribution in [3.05, 3.63) is 0 Å². The Bertz CT molecular complexity index is 183. The highest BCUT2D eigenvalue weighted by Crippen LogP contribution is 2.30. The van der Waals surface area contributed by atoms with Gasteiger partial charge in [-0.3, -0.25) is 4.79 Å². The van der Waals surface area contributed by atoms with E-state index in [1.165, 1.54) is 12.8 Å². The van der Waals surface area contributed by atoms with Gasteiger partial charge in [-0.15, -0.1) is 0 Å². The molecule has 2 aliphatic rings. The van der Waals surface area contributed by atoms with Gasteiger partial charge in [-0.05, 0) is 19.3 Å². The number of amides is 1. The highest BCUT2D eigenvalue weighted by Gasteiger charge is 2.35. The van der Waals surface area contributed by atoms with Crippen molar-refractivity contribution in [1.29, 1.82) is 0 Å². The van der Waals surface area contributed by atoms with Gasteiger partial charge in [-0.1, -0.05) is 15.9 Å². The van der Waals surface area contributed by atoms with Crippen LogP contribution in [-0.4, -0.2) is 28.2 Å². The molecule has 0 aromatic carbocycles. The molecule has 0 aromatic heterocycles. The number of carbonyl (C=O) groups is 1. The SMILES string of the molecule is O=C1CCC2CCC(Br)CN12. The summed E-state index contributed by atoms with van der Waals surface area (Å²) in [6.07, 6.45) is 4.30. The number of fused-ring (bicyclic) bond motifs is 1. The Hall–Kier alpha value is -0.0500. The zero-order valence-electron chi connectivity index (χ0n) is 6.42. The number of alkyl halides is 1. The van der Waals surface area contributed by atoms with Crippen LogP contribution in [0.25, 0.3) is 0 Å². The lowest BCUT2D eigenvalue weighted by molar-refractivity contribution is -0.129. The molecule has 0 radical (unpaired) electrons.